The third kappa shape index (κ3) is 3.39. The van der Waals surface area contributed by atoms with E-state index in [0.29, 0.717) is 16.7 Å². The largest absolute Gasteiger partial charge is 0.423 e. The monoisotopic (exact) mass is 332 g/mol. The minimum atomic E-state index is -4.89. The molecular formula is C15H9ClF4O2. The average Bonchev–Trinajstić information content (AvgIpc) is 2.40. The van der Waals surface area contributed by atoms with Gasteiger partial charge < -0.3 is 4.74 Å². The molecule has 116 valence electrons. The van der Waals surface area contributed by atoms with Gasteiger partial charge in [0.25, 0.3) is 0 Å². The zero-order valence-corrected chi connectivity index (χ0v) is 11.9. The third-order valence-electron chi connectivity index (χ3n) is 2.86. The highest BCUT2D eigenvalue weighted by molar-refractivity contribution is 6.30. The van der Waals surface area contributed by atoms with E-state index >= 15 is 0 Å². The molecule has 0 bridgehead atoms. The fourth-order valence-electron chi connectivity index (χ4n) is 1.79. The van der Waals surface area contributed by atoms with Crippen molar-refractivity contribution in [1.82, 2.24) is 0 Å². The molecule has 0 aliphatic carbocycles. The van der Waals surface area contributed by atoms with Crippen LogP contribution in [0.1, 0.15) is 21.5 Å². The molecule has 0 heterocycles. The summed E-state index contributed by atoms with van der Waals surface area (Å²) in [5, 5.41) is 0.405. The van der Waals surface area contributed by atoms with E-state index < -0.39 is 29.1 Å². The van der Waals surface area contributed by atoms with Crippen LogP contribution in [0.4, 0.5) is 17.6 Å². The molecule has 0 saturated carbocycles. The lowest BCUT2D eigenvalue weighted by Crippen LogP contribution is -2.16. The Labute approximate surface area is 128 Å². The summed E-state index contributed by atoms with van der Waals surface area (Å²) in [5.41, 5.74) is -1.81. The molecule has 0 saturated heterocycles. The van der Waals surface area contributed by atoms with Gasteiger partial charge in [-0.25, -0.2) is 9.18 Å². The van der Waals surface area contributed by atoms with Gasteiger partial charge in [0.15, 0.2) is 0 Å². The Morgan fingerprint density at radius 1 is 1.18 bits per heavy atom. The second-order valence-electron chi connectivity index (χ2n) is 4.46. The molecule has 0 aromatic heterocycles. The number of hydrogen-bond acceptors (Lipinski definition) is 2. The average molecular weight is 333 g/mol. The van der Waals surface area contributed by atoms with E-state index in [0.717, 1.165) is 12.1 Å². The first-order valence-corrected chi connectivity index (χ1v) is 6.42. The van der Waals surface area contributed by atoms with Crippen LogP contribution in [-0.4, -0.2) is 5.97 Å². The number of carbonyl (C=O) groups is 1. The zero-order chi connectivity index (χ0) is 16.5. The lowest BCUT2D eigenvalue weighted by Gasteiger charge is -2.11. The van der Waals surface area contributed by atoms with Gasteiger partial charge in [-0.1, -0.05) is 17.7 Å². The van der Waals surface area contributed by atoms with Crippen molar-refractivity contribution < 1.29 is 27.1 Å². The normalized spacial score (nSPS) is 11.4. The molecule has 7 heteroatoms. The number of halogens is 5. The summed E-state index contributed by atoms with van der Waals surface area (Å²) < 4.78 is 56.6. The highest BCUT2D eigenvalue weighted by Gasteiger charge is 2.36. The van der Waals surface area contributed by atoms with Crippen LogP contribution < -0.4 is 4.74 Å². The number of aryl methyl sites for hydroxylation is 1. The van der Waals surface area contributed by atoms with Crippen molar-refractivity contribution in [3.8, 4) is 5.75 Å². The molecule has 2 nitrogen and oxygen atoms in total. The van der Waals surface area contributed by atoms with Gasteiger partial charge in [0, 0.05) is 5.02 Å². The van der Waals surface area contributed by atoms with E-state index in [9.17, 15) is 22.4 Å². The Kier molecular flexibility index (Phi) is 4.42. The van der Waals surface area contributed by atoms with Gasteiger partial charge >= 0.3 is 12.1 Å². The smallest absolute Gasteiger partial charge is 0.419 e. The molecule has 2 rings (SSSR count). The molecule has 22 heavy (non-hydrogen) atoms. The quantitative estimate of drug-likeness (QED) is 0.438. The van der Waals surface area contributed by atoms with Crippen molar-refractivity contribution in [1.29, 1.82) is 0 Å². The van der Waals surface area contributed by atoms with Crippen molar-refractivity contribution in [3.63, 3.8) is 0 Å². The molecule has 0 spiro atoms. The maximum absolute atomic E-state index is 13.8. The summed E-state index contributed by atoms with van der Waals surface area (Å²) in [7, 11) is 0. The van der Waals surface area contributed by atoms with Gasteiger partial charge in [-0.2, -0.15) is 13.2 Å². The summed E-state index contributed by atoms with van der Waals surface area (Å²) in [5.74, 6) is -2.79. The Morgan fingerprint density at radius 2 is 1.86 bits per heavy atom. The van der Waals surface area contributed by atoms with Crippen LogP contribution in [0.2, 0.25) is 5.02 Å². The second-order valence-corrected chi connectivity index (χ2v) is 4.90. The summed E-state index contributed by atoms with van der Waals surface area (Å²) in [4.78, 5) is 11.9. The van der Waals surface area contributed by atoms with E-state index in [1.807, 2.05) is 0 Å². The van der Waals surface area contributed by atoms with Crippen molar-refractivity contribution in [2.24, 2.45) is 0 Å². The fraction of sp³-hybridized carbons (Fsp3) is 0.133. The molecule has 0 aliphatic heterocycles. The van der Waals surface area contributed by atoms with Crippen LogP contribution in [0.3, 0.4) is 0 Å². The zero-order valence-electron chi connectivity index (χ0n) is 11.2. The summed E-state index contributed by atoms with van der Waals surface area (Å²) in [6.07, 6.45) is -4.89. The molecule has 2 aromatic carbocycles. The molecule has 0 amide bonds. The Balaban J connectivity index is 2.34. The molecule has 0 fully saturated rings. The number of carbonyl (C=O) groups excluding carboxylic acids is 1. The predicted octanol–water partition coefficient (Wildman–Crippen LogP) is 5.03. The van der Waals surface area contributed by atoms with Crippen LogP contribution in [0.15, 0.2) is 36.4 Å². The number of esters is 1. The number of rotatable bonds is 2. The van der Waals surface area contributed by atoms with Crippen molar-refractivity contribution in [2.75, 3.05) is 0 Å². The first-order valence-electron chi connectivity index (χ1n) is 6.04. The molecular weight excluding hydrogens is 324 g/mol. The predicted molar refractivity (Wildman–Crippen MR) is 72.5 cm³/mol. The maximum atomic E-state index is 13.8. The summed E-state index contributed by atoms with van der Waals surface area (Å²) in [6.45, 7) is 1.59. The van der Waals surface area contributed by atoms with Gasteiger partial charge in [-0.3, -0.25) is 0 Å². The number of hydrogen-bond donors (Lipinski definition) is 0. The Bertz CT molecular complexity index is 726. The third-order valence-corrected chi connectivity index (χ3v) is 3.10. The van der Waals surface area contributed by atoms with Crippen molar-refractivity contribution in [2.45, 2.75) is 13.1 Å². The van der Waals surface area contributed by atoms with E-state index in [-0.39, 0.29) is 5.75 Å². The standard InChI is InChI=1S/C15H9ClF4O2/c1-8-7-9(16)5-6-12(8)22-14(21)10-3-2-4-11(13(10)17)15(18,19)20/h2-7H,1H3. The van der Waals surface area contributed by atoms with Crippen LogP contribution in [-0.2, 0) is 6.18 Å². The second kappa shape index (κ2) is 5.96. The maximum Gasteiger partial charge on any atom is 0.419 e. The lowest BCUT2D eigenvalue weighted by atomic mass is 10.1. The van der Waals surface area contributed by atoms with Crippen LogP contribution >= 0.6 is 11.6 Å². The van der Waals surface area contributed by atoms with Gasteiger partial charge in [-0.05, 0) is 42.8 Å². The van der Waals surface area contributed by atoms with Gasteiger partial charge in [-0.15, -0.1) is 0 Å². The van der Waals surface area contributed by atoms with E-state index in [1.165, 1.54) is 18.2 Å². The lowest BCUT2D eigenvalue weighted by molar-refractivity contribution is -0.140. The minimum Gasteiger partial charge on any atom is -0.423 e. The summed E-state index contributed by atoms with van der Waals surface area (Å²) >= 11 is 5.74. The highest BCUT2D eigenvalue weighted by Crippen LogP contribution is 2.33. The number of ether oxygens (including phenoxy) is 1. The first-order chi connectivity index (χ1) is 10.2. The van der Waals surface area contributed by atoms with Crippen LogP contribution in [0, 0.1) is 12.7 Å². The Hall–Kier alpha value is -2.08. The molecule has 0 unspecified atom stereocenters. The minimum absolute atomic E-state index is 0.0891. The van der Waals surface area contributed by atoms with Crippen molar-refractivity contribution in [3.05, 3.63) is 63.9 Å². The number of alkyl halides is 3. The molecule has 2 aromatic rings. The summed E-state index contributed by atoms with van der Waals surface area (Å²) in [6, 6.07) is 6.75. The molecule has 0 aliphatic rings. The highest BCUT2D eigenvalue weighted by atomic mass is 35.5. The topological polar surface area (TPSA) is 26.3 Å². The molecule has 0 radical (unpaired) electrons. The van der Waals surface area contributed by atoms with Gasteiger partial charge in [0.2, 0.25) is 0 Å². The SMILES string of the molecule is Cc1cc(Cl)ccc1OC(=O)c1cccc(C(F)(F)F)c1F. The van der Waals surface area contributed by atoms with Crippen LogP contribution in [0.5, 0.6) is 5.75 Å². The number of benzene rings is 2. The first kappa shape index (κ1) is 16.3. The van der Waals surface area contributed by atoms with Crippen LogP contribution in [0.25, 0.3) is 0 Å². The fourth-order valence-corrected chi connectivity index (χ4v) is 2.02. The van der Waals surface area contributed by atoms with Crippen molar-refractivity contribution >= 4 is 17.6 Å². The molecule has 0 atom stereocenters. The van der Waals surface area contributed by atoms with Gasteiger partial charge in [0.1, 0.15) is 11.6 Å². The Morgan fingerprint density at radius 3 is 2.45 bits per heavy atom. The van der Waals surface area contributed by atoms with Gasteiger partial charge in [0.05, 0.1) is 11.1 Å². The molecule has 0 N–H and O–H groups in total. The van der Waals surface area contributed by atoms with E-state index in [2.05, 4.69) is 0 Å². The van der Waals surface area contributed by atoms with E-state index in [4.69, 9.17) is 16.3 Å². The van der Waals surface area contributed by atoms with E-state index in [1.54, 1.807) is 6.92 Å².